The summed E-state index contributed by atoms with van der Waals surface area (Å²) in [6.07, 6.45) is 6.43. The van der Waals surface area contributed by atoms with Gasteiger partial charge in [-0.3, -0.25) is 18.5 Å². The Bertz CT molecular complexity index is 742. The number of nitrogens with zero attached hydrogens (tertiary/aromatic N) is 2. The van der Waals surface area contributed by atoms with Crippen LogP contribution >= 0.6 is 18.0 Å². The molecular weight excluding hydrogens is 383 g/mol. The van der Waals surface area contributed by atoms with E-state index in [1.165, 1.54) is 24.5 Å². The molecule has 1 atom stereocenters. The maximum absolute atomic E-state index is 12.2. The first kappa shape index (κ1) is 24.3. The van der Waals surface area contributed by atoms with Crippen LogP contribution in [0.2, 0.25) is 0 Å². The van der Waals surface area contributed by atoms with Gasteiger partial charge >= 0.3 is 5.69 Å². The summed E-state index contributed by atoms with van der Waals surface area (Å²) in [5.74, 6) is 1.28. The third-order valence-corrected chi connectivity index (χ3v) is 8.18. The maximum Gasteiger partial charge on any atom is 0.330 e. The molecule has 1 rings (SSSR count). The van der Waals surface area contributed by atoms with Gasteiger partial charge in [-0.15, -0.1) is 0 Å². The molecule has 1 unspecified atom stereocenters. The topological polar surface area (TPSA) is 70.3 Å². The van der Waals surface area contributed by atoms with Crippen molar-refractivity contribution in [1.82, 2.24) is 9.13 Å². The minimum atomic E-state index is -2.50. The summed E-state index contributed by atoms with van der Waals surface area (Å²) in [7, 11) is 1.52. The van der Waals surface area contributed by atoms with Gasteiger partial charge in [0, 0.05) is 37.8 Å². The fourth-order valence-corrected chi connectivity index (χ4v) is 5.78. The third kappa shape index (κ3) is 9.31. The molecule has 1 aromatic rings. The first-order chi connectivity index (χ1) is 12.6. The Morgan fingerprint density at radius 1 is 1.11 bits per heavy atom. The predicted molar refractivity (Wildman–Crippen MR) is 115 cm³/mol. The summed E-state index contributed by atoms with van der Waals surface area (Å²) < 4.78 is 20.5. The Balaban J connectivity index is 2.15. The number of aromatic nitrogens is 2. The normalized spacial score (nSPS) is 13.9. The molecule has 0 aliphatic rings. The molecule has 0 fully saturated rings. The van der Waals surface area contributed by atoms with Crippen molar-refractivity contribution in [2.24, 2.45) is 13.0 Å². The molecule has 0 saturated heterocycles. The van der Waals surface area contributed by atoms with Crippen molar-refractivity contribution in [3.8, 4) is 0 Å². The van der Waals surface area contributed by atoms with E-state index in [0.29, 0.717) is 19.1 Å². The van der Waals surface area contributed by atoms with Crippen molar-refractivity contribution < 1.29 is 9.09 Å². The first-order valence-corrected chi connectivity index (χ1v) is 13.4. The highest BCUT2D eigenvalue weighted by Crippen LogP contribution is 2.56. The first-order valence-electron chi connectivity index (χ1n) is 9.78. The highest BCUT2D eigenvalue weighted by molar-refractivity contribution is 8.56. The Hall–Kier alpha value is -0.780. The lowest BCUT2D eigenvalue weighted by atomic mass is 10.1. The average Bonchev–Trinajstić information content (AvgIpc) is 2.59. The molecule has 1 heterocycles. The Morgan fingerprint density at radius 3 is 2.33 bits per heavy atom. The number of hydrogen-bond acceptors (Lipinski definition) is 5. The lowest BCUT2D eigenvalue weighted by molar-refractivity contribution is 0.282. The minimum Gasteiger partial charge on any atom is -0.321 e. The number of unbranched alkanes of at least 4 members (excludes halogenated alkanes) is 5. The van der Waals surface area contributed by atoms with Crippen LogP contribution in [-0.2, 0) is 22.7 Å². The summed E-state index contributed by atoms with van der Waals surface area (Å²) in [4.78, 5) is 23.7. The Labute approximate surface area is 166 Å². The number of aryl methyl sites for hydroxylation is 1. The van der Waals surface area contributed by atoms with Gasteiger partial charge in [0.15, 0.2) is 0 Å². The second kappa shape index (κ2) is 11.9. The molecule has 156 valence electrons. The Kier molecular flexibility index (Phi) is 10.7. The second-order valence-corrected chi connectivity index (χ2v) is 12.8. The van der Waals surface area contributed by atoms with Crippen molar-refractivity contribution >= 4 is 18.0 Å². The van der Waals surface area contributed by atoms with Crippen molar-refractivity contribution in [2.45, 2.75) is 65.8 Å². The molecule has 0 aromatic carbocycles. The lowest BCUT2D eigenvalue weighted by Crippen LogP contribution is -2.38. The average molecular weight is 419 g/mol. The summed E-state index contributed by atoms with van der Waals surface area (Å²) in [6, 6.07) is 1.51. The van der Waals surface area contributed by atoms with Crippen molar-refractivity contribution in [3.63, 3.8) is 0 Å². The van der Waals surface area contributed by atoms with Crippen LogP contribution in [0.3, 0.4) is 0 Å². The van der Waals surface area contributed by atoms with Gasteiger partial charge in [-0.25, -0.2) is 4.79 Å². The maximum atomic E-state index is 12.2. The molecule has 0 saturated carbocycles. The molecule has 0 radical (unpaired) electrons. The van der Waals surface area contributed by atoms with Crippen LogP contribution < -0.4 is 11.2 Å². The molecular formula is C19H35N2O4PS. The van der Waals surface area contributed by atoms with Gasteiger partial charge in [0.25, 0.3) is 12.1 Å². The molecule has 1 aromatic heterocycles. The zero-order valence-corrected chi connectivity index (χ0v) is 19.1. The molecule has 0 spiro atoms. The summed E-state index contributed by atoms with van der Waals surface area (Å²) in [5, 5.41) is 0. The quantitative estimate of drug-likeness (QED) is 0.350. The van der Waals surface area contributed by atoms with E-state index in [1.807, 2.05) is 0 Å². The zero-order chi connectivity index (χ0) is 20.4. The van der Waals surface area contributed by atoms with E-state index in [1.54, 1.807) is 18.2 Å². The van der Waals surface area contributed by atoms with Crippen molar-refractivity contribution in [3.05, 3.63) is 32.6 Å². The standard InChI is InChI=1S/C19H35N2O4PS/c1-16(2)15-25-26(5,24)27-13-11-9-7-6-8-10-12-21-17(3)14-18(22)20(4)19(21)23/h14,16H,6-13,15H2,1-5H3. The summed E-state index contributed by atoms with van der Waals surface area (Å²) in [6.45, 7) is 6.33. The van der Waals surface area contributed by atoms with E-state index in [2.05, 4.69) is 13.8 Å². The fourth-order valence-electron chi connectivity index (χ4n) is 2.68. The van der Waals surface area contributed by atoms with Crippen LogP contribution in [0.15, 0.2) is 15.7 Å². The van der Waals surface area contributed by atoms with E-state index in [9.17, 15) is 14.2 Å². The summed E-state index contributed by atoms with van der Waals surface area (Å²) in [5.41, 5.74) is 0.238. The van der Waals surface area contributed by atoms with Crippen LogP contribution in [0.4, 0.5) is 0 Å². The number of rotatable bonds is 13. The van der Waals surface area contributed by atoms with Gasteiger partial charge in [0.05, 0.1) is 6.61 Å². The largest absolute Gasteiger partial charge is 0.330 e. The number of hydrogen-bond donors (Lipinski definition) is 0. The zero-order valence-electron chi connectivity index (χ0n) is 17.4. The molecule has 8 heteroatoms. The predicted octanol–water partition coefficient (Wildman–Crippen LogP) is 4.42. The van der Waals surface area contributed by atoms with Gasteiger partial charge in [-0.2, -0.15) is 0 Å². The van der Waals surface area contributed by atoms with Gasteiger partial charge in [-0.1, -0.05) is 50.9 Å². The van der Waals surface area contributed by atoms with Crippen molar-refractivity contribution in [1.29, 1.82) is 0 Å². The van der Waals surface area contributed by atoms with E-state index < -0.39 is 6.57 Å². The molecule has 0 amide bonds. The van der Waals surface area contributed by atoms with Crippen molar-refractivity contribution in [2.75, 3.05) is 19.0 Å². The minimum absolute atomic E-state index is 0.235. The van der Waals surface area contributed by atoms with Crippen LogP contribution in [-0.4, -0.2) is 28.2 Å². The van der Waals surface area contributed by atoms with Gasteiger partial charge in [0.1, 0.15) is 0 Å². The van der Waals surface area contributed by atoms with E-state index in [-0.39, 0.29) is 11.2 Å². The fraction of sp³-hybridized carbons (Fsp3) is 0.789. The molecule has 0 aliphatic carbocycles. The lowest BCUT2D eigenvalue weighted by Gasteiger charge is -2.14. The van der Waals surface area contributed by atoms with E-state index in [0.717, 1.165) is 54.5 Å². The van der Waals surface area contributed by atoms with E-state index >= 15 is 0 Å². The molecule has 0 bridgehead atoms. The summed E-state index contributed by atoms with van der Waals surface area (Å²) >= 11 is 1.46. The second-order valence-electron chi connectivity index (χ2n) is 7.53. The van der Waals surface area contributed by atoms with E-state index in [4.69, 9.17) is 4.52 Å². The van der Waals surface area contributed by atoms with Crippen LogP contribution in [0, 0.1) is 12.8 Å². The monoisotopic (exact) mass is 418 g/mol. The van der Waals surface area contributed by atoms with Gasteiger partial charge in [-0.05, 0) is 25.7 Å². The van der Waals surface area contributed by atoms with Crippen LogP contribution in [0.1, 0.15) is 58.1 Å². The third-order valence-electron chi connectivity index (χ3n) is 4.35. The molecule has 27 heavy (non-hydrogen) atoms. The molecule has 0 N–H and O–H groups in total. The van der Waals surface area contributed by atoms with Crippen LogP contribution in [0.5, 0.6) is 0 Å². The highest BCUT2D eigenvalue weighted by Gasteiger charge is 2.16. The molecule has 0 aliphatic heterocycles. The highest BCUT2D eigenvalue weighted by atomic mass is 32.7. The van der Waals surface area contributed by atoms with Gasteiger partial charge < -0.3 is 4.52 Å². The Morgan fingerprint density at radius 2 is 1.70 bits per heavy atom. The van der Waals surface area contributed by atoms with Crippen LogP contribution in [0.25, 0.3) is 0 Å². The SMILES string of the molecule is Cc1cc(=O)n(C)c(=O)n1CCCCCCCCSP(C)(=O)OCC(C)C. The smallest absolute Gasteiger partial charge is 0.321 e. The molecule has 6 nitrogen and oxygen atoms in total. The van der Waals surface area contributed by atoms with Gasteiger partial charge in [0.2, 0.25) is 0 Å².